The molecule has 1 heterocycles. The number of hydrogen-bond donors (Lipinski definition) is 3. The van der Waals surface area contributed by atoms with E-state index in [1.807, 2.05) is 19.9 Å². The fourth-order valence-electron chi connectivity index (χ4n) is 3.02. The molecule has 0 saturated heterocycles. The van der Waals surface area contributed by atoms with Crippen LogP contribution < -0.4 is 25.0 Å². The third kappa shape index (κ3) is 5.85. The van der Waals surface area contributed by atoms with Crippen molar-refractivity contribution in [3.05, 3.63) is 47.0 Å². The van der Waals surface area contributed by atoms with Gasteiger partial charge in [0.2, 0.25) is 0 Å². The van der Waals surface area contributed by atoms with Gasteiger partial charge in [0, 0.05) is 22.5 Å². The molecule has 3 N–H and O–H groups in total. The van der Waals surface area contributed by atoms with Crippen molar-refractivity contribution in [1.82, 2.24) is 0 Å². The first kappa shape index (κ1) is 21.0. The van der Waals surface area contributed by atoms with Gasteiger partial charge < -0.3 is 25.0 Å². The Bertz CT molecular complexity index is 903. The van der Waals surface area contributed by atoms with Gasteiger partial charge >= 0.3 is 0 Å². The van der Waals surface area contributed by atoms with Crippen LogP contribution in [-0.4, -0.2) is 44.7 Å². The average molecular weight is 419 g/mol. The molecule has 2 amide bonds. The molecule has 0 aromatic heterocycles. The molecule has 0 spiro atoms. The average Bonchev–Trinajstić information content (AvgIpc) is 2.70. The van der Waals surface area contributed by atoms with Gasteiger partial charge in [0.05, 0.1) is 6.54 Å². The van der Waals surface area contributed by atoms with Gasteiger partial charge in [-0.15, -0.1) is 0 Å². The minimum Gasteiger partial charge on any atom is -0.486 e. The Morgan fingerprint density at radius 2 is 1.69 bits per heavy atom. The maximum absolute atomic E-state index is 12.4. The summed E-state index contributed by atoms with van der Waals surface area (Å²) in [7, 11) is 0. The maximum Gasteiger partial charge on any atom is 0.279 e. The van der Waals surface area contributed by atoms with Gasteiger partial charge in [0.15, 0.2) is 24.6 Å². The third-order valence-corrected chi connectivity index (χ3v) is 4.86. The highest BCUT2D eigenvalue weighted by Crippen LogP contribution is 2.32. The van der Waals surface area contributed by atoms with Gasteiger partial charge in [-0.2, -0.15) is 0 Å². The lowest BCUT2D eigenvalue weighted by Crippen LogP contribution is -3.13. The number of quaternary nitrogens is 1. The molecule has 2 aromatic carbocycles. The van der Waals surface area contributed by atoms with E-state index in [-0.39, 0.29) is 24.9 Å². The van der Waals surface area contributed by atoms with Crippen molar-refractivity contribution in [3.8, 4) is 11.5 Å². The van der Waals surface area contributed by atoms with E-state index in [4.69, 9.17) is 21.1 Å². The summed E-state index contributed by atoms with van der Waals surface area (Å²) >= 11 is 6.00. The topological polar surface area (TPSA) is 81.1 Å². The highest BCUT2D eigenvalue weighted by Gasteiger charge is 2.18. The van der Waals surface area contributed by atoms with Crippen molar-refractivity contribution in [2.45, 2.75) is 13.8 Å². The summed E-state index contributed by atoms with van der Waals surface area (Å²) in [4.78, 5) is 25.7. The van der Waals surface area contributed by atoms with Gasteiger partial charge in [0.25, 0.3) is 11.8 Å². The molecule has 0 fully saturated rings. The second-order valence-corrected chi connectivity index (χ2v) is 7.31. The molecule has 8 heteroatoms. The molecule has 2 aromatic rings. The van der Waals surface area contributed by atoms with Crippen LogP contribution in [0.2, 0.25) is 5.02 Å². The van der Waals surface area contributed by atoms with Gasteiger partial charge in [-0.3, -0.25) is 9.59 Å². The first-order chi connectivity index (χ1) is 13.9. The van der Waals surface area contributed by atoms with E-state index in [1.165, 1.54) is 0 Å². The predicted octanol–water partition coefficient (Wildman–Crippen LogP) is 1.90. The Balaban J connectivity index is 1.54. The number of aryl methyl sites for hydroxylation is 1. The standard InChI is InChI=1S/C21H24ClN3O4/c1-3-25(13-21(27)24-17-10-15(22)5-4-14(17)2)12-20(26)23-16-6-7-18-19(11-16)29-9-8-28-18/h4-7,10-11H,3,8-9,12-13H2,1-2H3,(H,23,26)(H,24,27)/p+1. The zero-order valence-corrected chi connectivity index (χ0v) is 17.3. The second kappa shape index (κ2) is 9.62. The van der Waals surface area contributed by atoms with Crippen molar-refractivity contribution >= 4 is 34.8 Å². The molecule has 7 nitrogen and oxygen atoms in total. The third-order valence-electron chi connectivity index (χ3n) is 4.62. The summed E-state index contributed by atoms with van der Waals surface area (Å²) in [6.07, 6.45) is 0. The number of carbonyl (C=O) groups excluding carboxylic acids is 2. The van der Waals surface area contributed by atoms with Gasteiger partial charge in [-0.05, 0) is 43.7 Å². The molecule has 1 aliphatic rings. The number of ether oxygens (including phenoxy) is 2. The molecule has 29 heavy (non-hydrogen) atoms. The first-order valence-electron chi connectivity index (χ1n) is 9.53. The fraction of sp³-hybridized carbons (Fsp3) is 0.333. The molecule has 154 valence electrons. The SMILES string of the molecule is CC[NH+](CC(=O)Nc1ccc2c(c1)OCCO2)CC(=O)Nc1cc(Cl)ccc1C. The van der Waals surface area contributed by atoms with E-state index in [2.05, 4.69) is 10.6 Å². The molecule has 1 unspecified atom stereocenters. The summed E-state index contributed by atoms with van der Waals surface area (Å²) in [5, 5.41) is 6.28. The smallest absolute Gasteiger partial charge is 0.279 e. The van der Waals surface area contributed by atoms with E-state index < -0.39 is 0 Å². The van der Waals surface area contributed by atoms with Crippen LogP contribution in [0.25, 0.3) is 0 Å². The van der Waals surface area contributed by atoms with Gasteiger partial charge in [-0.1, -0.05) is 17.7 Å². The Hall–Kier alpha value is -2.77. The zero-order chi connectivity index (χ0) is 20.8. The number of rotatable bonds is 7. The summed E-state index contributed by atoms with van der Waals surface area (Å²) in [5.74, 6) is 0.942. The largest absolute Gasteiger partial charge is 0.486 e. The van der Waals surface area contributed by atoms with Crippen LogP contribution in [0.3, 0.4) is 0 Å². The van der Waals surface area contributed by atoms with E-state index in [0.29, 0.717) is 47.7 Å². The number of carbonyl (C=O) groups is 2. The zero-order valence-electron chi connectivity index (χ0n) is 16.5. The monoisotopic (exact) mass is 418 g/mol. The molecule has 0 radical (unpaired) electrons. The molecule has 1 aliphatic heterocycles. The quantitative estimate of drug-likeness (QED) is 0.641. The molecule has 1 atom stereocenters. The highest BCUT2D eigenvalue weighted by molar-refractivity contribution is 6.31. The van der Waals surface area contributed by atoms with Crippen LogP contribution in [0.15, 0.2) is 36.4 Å². The van der Waals surface area contributed by atoms with E-state index in [1.54, 1.807) is 30.3 Å². The Labute approximate surface area is 174 Å². The van der Waals surface area contributed by atoms with E-state index >= 15 is 0 Å². The lowest BCUT2D eigenvalue weighted by Gasteiger charge is -2.20. The molecule has 0 bridgehead atoms. The van der Waals surface area contributed by atoms with Crippen LogP contribution in [-0.2, 0) is 9.59 Å². The first-order valence-corrected chi connectivity index (χ1v) is 9.91. The normalized spacial score (nSPS) is 13.5. The van der Waals surface area contributed by atoms with Crippen LogP contribution in [0.5, 0.6) is 11.5 Å². The van der Waals surface area contributed by atoms with Gasteiger partial charge in [0.1, 0.15) is 13.2 Å². The number of anilines is 2. The summed E-state index contributed by atoms with van der Waals surface area (Å²) < 4.78 is 11.0. The fourth-order valence-corrected chi connectivity index (χ4v) is 3.19. The van der Waals surface area contributed by atoms with Crippen molar-refractivity contribution < 1.29 is 24.0 Å². The number of nitrogens with one attached hydrogen (secondary N) is 3. The number of halogens is 1. The van der Waals surface area contributed by atoms with Crippen LogP contribution in [0.4, 0.5) is 11.4 Å². The highest BCUT2D eigenvalue weighted by atomic mass is 35.5. The number of fused-ring (bicyclic) bond motifs is 1. The Morgan fingerprint density at radius 3 is 2.41 bits per heavy atom. The van der Waals surface area contributed by atoms with Crippen LogP contribution >= 0.6 is 11.6 Å². The lowest BCUT2D eigenvalue weighted by molar-refractivity contribution is -0.881. The number of benzene rings is 2. The number of hydrogen-bond acceptors (Lipinski definition) is 4. The molecular weight excluding hydrogens is 394 g/mol. The van der Waals surface area contributed by atoms with Crippen molar-refractivity contribution in [3.63, 3.8) is 0 Å². The molecule has 3 rings (SSSR count). The van der Waals surface area contributed by atoms with Crippen molar-refractivity contribution in [2.24, 2.45) is 0 Å². The Kier molecular flexibility index (Phi) is 6.95. The number of likely N-dealkylation sites (N-methyl/N-ethyl adjacent to an activating group) is 1. The lowest BCUT2D eigenvalue weighted by atomic mass is 10.2. The maximum atomic E-state index is 12.4. The van der Waals surface area contributed by atoms with Gasteiger partial charge in [-0.25, -0.2) is 0 Å². The minimum atomic E-state index is -0.176. The van der Waals surface area contributed by atoms with E-state index in [9.17, 15) is 9.59 Å². The van der Waals surface area contributed by atoms with Crippen LogP contribution in [0.1, 0.15) is 12.5 Å². The number of amides is 2. The summed E-state index contributed by atoms with van der Waals surface area (Å²) in [6.45, 7) is 5.83. The minimum absolute atomic E-state index is 0.167. The molecule has 0 aliphatic carbocycles. The Morgan fingerprint density at radius 1 is 1.00 bits per heavy atom. The summed E-state index contributed by atoms with van der Waals surface area (Å²) in [5.41, 5.74) is 2.24. The summed E-state index contributed by atoms with van der Waals surface area (Å²) in [6, 6.07) is 10.6. The van der Waals surface area contributed by atoms with Crippen molar-refractivity contribution in [2.75, 3.05) is 43.5 Å². The van der Waals surface area contributed by atoms with Crippen molar-refractivity contribution in [1.29, 1.82) is 0 Å². The second-order valence-electron chi connectivity index (χ2n) is 6.87. The molecular formula is C21H25ClN3O4+. The van der Waals surface area contributed by atoms with E-state index in [0.717, 1.165) is 10.5 Å². The molecule has 0 saturated carbocycles. The van der Waals surface area contributed by atoms with Crippen LogP contribution in [0, 0.1) is 6.92 Å². The predicted molar refractivity (Wildman–Crippen MR) is 112 cm³/mol.